The molecule has 0 bridgehead atoms. The molecule has 0 radical (unpaired) electrons. The number of rotatable bonds is 8. The van der Waals surface area contributed by atoms with Crippen molar-refractivity contribution in [3.8, 4) is 17.2 Å². The fraction of sp³-hybridized carbons (Fsp3) is 0.524. The maximum absolute atomic E-state index is 11.7. The van der Waals surface area contributed by atoms with Crippen molar-refractivity contribution in [2.75, 3.05) is 13.2 Å². The second-order valence-corrected chi connectivity index (χ2v) is 8.02. The minimum atomic E-state index is -0.768. The summed E-state index contributed by atoms with van der Waals surface area (Å²) in [5, 5.41) is 17.3. The molecule has 1 heterocycles. The molecular formula is C21H30N2O5. The molecule has 1 amide bonds. The number of amides is 1. The van der Waals surface area contributed by atoms with E-state index in [4.69, 9.17) is 14.0 Å². The molecule has 1 unspecified atom stereocenters. The van der Waals surface area contributed by atoms with Gasteiger partial charge in [-0.05, 0) is 38.3 Å². The Morgan fingerprint density at radius 2 is 1.93 bits per heavy atom. The number of nitrogens with one attached hydrogen (secondary N) is 1. The van der Waals surface area contributed by atoms with Gasteiger partial charge < -0.3 is 24.4 Å². The zero-order chi connectivity index (χ0) is 20.7. The normalized spacial score (nSPS) is 12.7. The number of aromatic nitrogens is 1. The van der Waals surface area contributed by atoms with E-state index in [2.05, 4.69) is 10.5 Å². The Morgan fingerprint density at radius 1 is 1.25 bits per heavy atom. The van der Waals surface area contributed by atoms with Crippen molar-refractivity contribution in [1.82, 2.24) is 10.5 Å². The van der Waals surface area contributed by atoms with Crippen molar-refractivity contribution in [2.45, 2.75) is 52.7 Å². The van der Waals surface area contributed by atoms with Crippen LogP contribution in [0, 0.1) is 5.92 Å². The highest BCUT2D eigenvalue weighted by atomic mass is 16.6. The molecular weight excluding hydrogens is 360 g/mol. The van der Waals surface area contributed by atoms with Gasteiger partial charge in [0.2, 0.25) is 0 Å². The van der Waals surface area contributed by atoms with Crippen LogP contribution in [0.2, 0.25) is 0 Å². The number of aliphatic hydroxyl groups excluding tert-OH is 1. The van der Waals surface area contributed by atoms with Crippen LogP contribution in [0.25, 0.3) is 11.3 Å². The number of carbonyl (C=O) groups excluding carboxylic acids is 1. The fourth-order valence-electron chi connectivity index (χ4n) is 2.66. The van der Waals surface area contributed by atoms with E-state index >= 15 is 0 Å². The molecule has 0 saturated carbocycles. The first-order chi connectivity index (χ1) is 13.2. The third-order valence-electron chi connectivity index (χ3n) is 3.77. The van der Waals surface area contributed by atoms with Crippen LogP contribution in [0.15, 0.2) is 34.9 Å². The second-order valence-electron chi connectivity index (χ2n) is 8.02. The van der Waals surface area contributed by atoms with Gasteiger partial charge in [0.15, 0.2) is 5.76 Å². The predicted octanol–water partition coefficient (Wildman–Crippen LogP) is 4.32. The van der Waals surface area contributed by atoms with E-state index in [-0.39, 0.29) is 24.9 Å². The Morgan fingerprint density at radius 3 is 2.54 bits per heavy atom. The van der Waals surface area contributed by atoms with Gasteiger partial charge in [0, 0.05) is 5.56 Å². The summed E-state index contributed by atoms with van der Waals surface area (Å²) >= 11 is 0. The molecule has 7 heteroatoms. The van der Waals surface area contributed by atoms with Crippen LogP contribution in [0.3, 0.4) is 0 Å². The van der Waals surface area contributed by atoms with E-state index in [9.17, 15) is 9.90 Å². The van der Waals surface area contributed by atoms with Crippen molar-refractivity contribution < 1.29 is 23.9 Å². The topological polar surface area (TPSA) is 93.8 Å². The predicted molar refractivity (Wildman–Crippen MR) is 106 cm³/mol. The first-order valence-corrected chi connectivity index (χ1v) is 9.50. The van der Waals surface area contributed by atoms with Crippen molar-refractivity contribution in [2.24, 2.45) is 5.92 Å². The van der Waals surface area contributed by atoms with Gasteiger partial charge in [0.1, 0.15) is 12.2 Å². The van der Waals surface area contributed by atoms with Crippen LogP contribution in [0.5, 0.6) is 5.88 Å². The van der Waals surface area contributed by atoms with E-state index in [1.165, 1.54) is 0 Å². The van der Waals surface area contributed by atoms with Crippen molar-refractivity contribution in [3.63, 3.8) is 0 Å². The Labute approximate surface area is 166 Å². The average molecular weight is 390 g/mol. The number of hydrogen-bond donors (Lipinski definition) is 2. The Bertz CT molecular complexity index is 750. The maximum atomic E-state index is 11.7. The average Bonchev–Trinajstić information content (AvgIpc) is 3.01. The lowest BCUT2D eigenvalue weighted by atomic mass is 9.97. The summed E-state index contributed by atoms with van der Waals surface area (Å²) in [7, 11) is 0. The molecule has 28 heavy (non-hydrogen) atoms. The van der Waals surface area contributed by atoms with Gasteiger partial charge in [-0.25, -0.2) is 4.79 Å². The highest BCUT2D eigenvalue weighted by molar-refractivity contribution is 5.67. The summed E-state index contributed by atoms with van der Waals surface area (Å²) < 4.78 is 16.3. The molecule has 0 fully saturated rings. The molecule has 0 aliphatic heterocycles. The molecule has 7 nitrogen and oxygen atoms in total. The summed E-state index contributed by atoms with van der Waals surface area (Å²) in [5.74, 6) is 1.01. The number of benzene rings is 1. The van der Waals surface area contributed by atoms with Crippen LogP contribution >= 0.6 is 0 Å². The third kappa shape index (κ3) is 6.56. The largest absolute Gasteiger partial charge is 0.473 e. The second kappa shape index (κ2) is 9.59. The number of nitrogens with zero attached hydrogens (tertiary/aromatic N) is 1. The van der Waals surface area contributed by atoms with E-state index < -0.39 is 17.8 Å². The van der Waals surface area contributed by atoms with Crippen LogP contribution in [0.4, 0.5) is 4.79 Å². The van der Waals surface area contributed by atoms with Gasteiger partial charge in [0.25, 0.3) is 5.88 Å². The number of aliphatic hydroxyl groups is 1. The van der Waals surface area contributed by atoms with Gasteiger partial charge >= 0.3 is 6.09 Å². The van der Waals surface area contributed by atoms with Crippen LogP contribution < -0.4 is 10.1 Å². The first kappa shape index (κ1) is 21.8. The molecule has 1 aromatic heterocycles. The number of ether oxygens (including phenoxy) is 2. The quantitative estimate of drug-likeness (QED) is 0.652. The van der Waals surface area contributed by atoms with Crippen molar-refractivity contribution in [3.05, 3.63) is 35.9 Å². The minimum Gasteiger partial charge on any atom is -0.473 e. The molecule has 2 N–H and O–H groups in total. The summed E-state index contributed by atoms with van der Waals surface area (Å²) in [6, 6.07) is 9.47. The molecule has 1 aromatic carbocycles. The summed E-state index contributed by atoms with van der Waals surface area (Å²) in [6.07, 6.45) is -0.732. The lowest BCUT2D eigenvalue weighted by Gasteiger charge is -2.19. The fourth-order valence-corrected chi connectivity index (χ4v) is 2.66. The van der Waals surface area contributed by atoms with Crippen LogP contribution in [-0.2, 0) is 4.74 Å². The van der Waals surface area contributed by atoms with Crippen LogP contribution in [-0.4, -0.2) is 35.1 Å². The lowest BCUT2D eigenvalue weighted by molar-refractivity contribution is 0.0519. The molecule has 2 aromatic rings. The Hall–Kier alpha value is -2.54. The molecule has 1 atom stereocenters. The molecule has 0 aliphatic rings. The molecule has 154 valence electrons. The first-order valence-electron chi connectivity index (χ1n) is 9.50. The smallest absolute Gasteiger partial charge is 0.407 e. The summed E-state index contributed by atoms with van der Waals surface area (Å²) in [5.41, 5.74) is 0.780. The molecule has 0 spiro atoms. The Balaban J connectivity index is 2.07. The van der Waals surface area contributed by atoms with E-state index in [1.54, 1.807) is 20.8 Å². The number of alkyl carbamates (subject to hydrolysis) is 1. The van der Waals surface area contributed by atoms with E-state index in [0.29, 0.717) is 17.7 Å². The van der Waals surface area contributed by atoms with Crippen LogP contribution in [0.1, 0.15) is 52.7 Å². The van der Waals surface area contributed by atoms with Gasteiger partial charge in [-0.3, -0.25) is 0 Å². The van der Waals surface area contributed by atoms with Gasteiger partial charge in [-0.15, -0.1) is 0 Å². The maximum Gasteiger partial charge on any atom is 0.407 e. The standard InChI is InChI=1S/C21H30N2O5/c1-14(2)13-16(24)17-18(15-9-7-6-8-10-15)28-23-19(17)26-12-11-22-20(25)27-21(3,4)5/h6-10,14,16,24H,11-13H2,1-5H3,(H,22,25). The highest BCUT2D eigenvalue weighted by Gasteiger charge is 2.26. The molecule has 0 saturated heterocycles. The van der Waals surface area contributed by atoms with Crippen molar-refractivity contribution in [1.29, 1.82) is 0 Å². The SMILES string of the molecule is CC(C)CC(O)c1c(OCCNC(=O)OC(C)(C)C)noc1-c1ccccc1. The summed E-state index contributed by atoms with van der Waals surface area (Å²) in [4.78, 5) is 11.7. The van der Waals surface area contributed by atoms with E-state index in [0.717, 1.165) is 5.56 Å². The van der Waals surface area contributed by atoms with Gasteiger partial charge in [-0.1, -0.05) is 44.2 Å². The highest BCUT2D eigenvalue weighted by Crippen LogP contribution is 2.37. The lowest BCUT2D eigenvalue weighted by Crippen LogP contribution is -2.34. The summed E-state index contributed by atoms with van der Waals surface area (Å²) in [6.45, 7) is 9.86. The molecule has 2 rings (SSSR count). The third-order valence-corrected chi connectivity index (χ3v) is 3.77. The zero-order valence-electron chi connectivity index (χ0n) is 17.2. The zero-order valence-corrected chi connectivity index (χ0v) is 17.2. The van der Waals surface area contributed by atoms with E-state index in [1.807, 2.05) is 44.2 Å². The van der Waals surface area contributed by atoms with Gasteiger partial charge in [-0.2, -0.15) is 0 Å². The monoisotopic (exact) mass is 390 g/mol. The number of carbonyl (C=O) groups is 1. The van der Waals surface area contributed by atoms with Gasteiger partial charge in [0.05, 0.1) is 18.2 Å². The Kier molecular flexibility index (Phi) is 7.45. The minimum absolute atomic E-state index is 0.168. The molecule has 0 aliphatic carbocycles. The number of hydrogen-bond acceptors (Lipinski definition) is 6. The van der Waals surface area contributed by atoms with Crippen molar-refractivity contribution >= 4 is 6.09 Å².